The van der Waals surface area contributed by atoms with Crippen LogP contribution < -0.4 is 20.1 Å². The third-order valence-corrected chi connectivity index (χ3v) is 4.31. The Balaban J connectivity index is 1.48. The molecule has 7 heteroatoms. The molecule has 0 saturated carbocycles. The standard InChI is InChI=1S/C22H17FN2O4/c1-13-6-8-20-17(10-13)25-22(27)15-11-14(7-9-18(15)29-20)24-21(26)12-28-19-5-3-2-4-16(19)23/h2-11H,12H2,1H3,(H,24,26)(H,25,27). The highest BCUT2D eigenvalue weighted by molar-refractivity contribution is 6.09. The Morgan fingerprint density at radius 3 is 2.72 bits per heavy atom. The first-order valence-electron chi connectivity index (χ1n) is 8.91. The minimum atomic E-state index is -0.547. The van der Waals surface area contributed by atoms with Crippen LogP contribution in [0.25, 0.3) is 0 Å². The number of nitrogens with one attached hydrogen (secondary N) is 2. The summed E-state index contributed by atoms with van der Waals surface area (Å²) in [6.07, 6.45) is 0. The highest BCUT2D eigenvalue weighted by atomic mass is 19.1. The van der Waals surface area contributed by atoms with Crippen molar-refractivity contribution < 1.29 is 23.5 Å². The van der Waals surface area contributed by atoms with Crippen molar-refractivity contribution in [2.75, 3.05) is 17.2 Å². The van der Waals surface area contributed by atoms with Gasteiger partial charge in [0.15, 0.2) is 23.9 Å². The molecule has 1 aliphatic rings. The van der Waals surface area contributed by atoms with E-state index in [-0.39, 0.29) is 23.8 Å². The van der Waals surface area contributed by atoms with Gasteiger partial charge in [-0.2, -0.15) is 0 Å². The summed E-state index contributed by atoms with van der Waals surface area (Å²) in [6.45, 7) is 1.55. The Labute approximate surface area is 166 Å². The van der Waals surface area contributed by atoms with Crippen molar-refractivity contribution >= 4 is 23.2 Å². The normalized spacial score (nSPS) is 12.0. The minimum Gasteiger partial charge on any atom is -0.481 e. The van der Waals surface area contributed by atoms with E-state index in [1.165, 1.54) is 24.3 Å². The van der Waals surface area contributed by atoms with Crippen LogP contribution >= 0.6 is 0 Å². The van der Waals surface area contributed by atoms with Gasteiger partial charge in [0, 0.05) is 5.69 Å². The molecule has 4 rings (SSSR count). The van der Waals surface area contributed by atoms with E-state index in [0.29, 0.717) is 22.9 Å². The molecule has 3 aromatic rings. The van der Waals surface area contributed by atoms with Gasteiger partial charge in [0.05, 0.1) is 11.3 Å². The summed E-state index contributed by atoms with van der Waals surface area (Å²) in [5.41, 5.74) is 2.25. The smallest absolute Gasteiger partial charge is 0.262 e. The van der Waals surface area contributed by atoms with Gasteiger partial charge in [-0.3, -0.25) is 9.59 Å². The van der Waals surface area contributed by atoms with E-state index in [1.54, 1.807) is 24.3 Å². The second-order valence-corrected chi connectivity index (χ2v) is 6.53. The maximum atomic E-state index is 13.6. The first kappa shape index (κ1) is 18.5. The topological polar surface area (TPSA) is 76.7 Å². The predicted octanol–water partition coefficient (Wildman–Crippen LogP) is 4.51. The zero-order valence-corrected chi connectivity index (χ0v) is 15.5. The Morgan fingerprint density at radius 2 is 1.90 bits per heavy atom. The Hall–Kier alpha value is -3.87. The number of carbonyl (C=O) groups excluding carboxylic acids is 2. The van der Waals surface area contributed by atoms with Crippen LogP contribution in [0.3, 0.4) is 0 Å². The van der Waals surface area contributed by atoms with E-state index < -0.39 is 11.7 Å². The molecular formula is C22H17FN2O4. The average molecular weight is 392 g/mol. The van der Waals surface area contributed by atoms with Crippen molar-refractivity contribution in [2.45, 2.75) is 6.92 Å². The van der Waals surface area contributed by atoms with Crippen molar-refractivity contribution in [1.82, 2.24) is 0 Å². The summed E-state index contributed by atoms with van der Waals surface area (Å²) >= 11 is 0. The number of halogens is 1. The molecule has 2 amide bonds. The molecule has 0 bridgehead atoms. The fourth-order valence-electron chi connectivity index (χ4n) is 2.91. The lowest BCUT2D eigenvalue weighted by Gasteiger charge is -2.11. The van der Waals surface area contributed by atoms with E-state index in [2.05, 4.69) is 10.6 Å². The van der Waals surface area contributed by atoms with E-state index >= 15 is 0 Å². The number of benzene rings is 3. The molecule has 2 N–H and O–H groups in total. The third-order valence-electron chi connectivity index (χ3n) is 4.31. The molecule has 0 atom stereocenters. The minimum absolute atomic E-state index is 0.00888. The van der Waals surface area contributed by atoms with Gasteiger partial charge in [-0.15, -0.1) is 0 Å². The molecule has 6 nitrogen and oxygen atoms in total. The number of para-hydroxylation sites is 1. The predicted molar refractivity (Wildman–Crippen MR) is 106 cm³/mol. The van der Waals surface area contributed by atoms with Gasteiger partial charge < -0.3 is 20.1 Å². The van der Waals surface area contributed by atoms with Crippen LogP contribution in [0.15, 0.2) is 60.7 Å². The summed E-state index contributed by atoms with van der Waals surface area (Å²) in [5.74, 6) is -0.465. The van der Waals surface area contributed by atoms with E-state index in [4.69, 9.17) is 9.47 Å². The number of amides is 2. The molecule has 0 spiro atoms. The monoisotopic (exact) mass is 392 g/mol. The number of hydrogen-bond donors (Lipinski definition) is 2. The lowest BCUT2D eigenvalue weighted by Crippen LogP contribution is -2.21. The number of ether oxygens (including phenoxy) is 2. The Bertz CT molecular complexity index is 1110. The maximum Gasteiger partial charge on any atom is 0.262 e. The van der Waals surface area contributed by atoms with Gasteiger partial charge in [0.2, 0.25) is 0 Å². The molecule has 0 fully saturated rings. The van der Waals surface area contributed by atoms with Crippen LogP contribution in [0, 0.1) is 12.7 Å². The summed E-state index contributed by atoms with van der Waals surface area (Å²) in [7, 11) is 0. The van der Waals surface area contributed by atoms with Gasteiger partial charge in [0.25, 0.3) is 11.8 Å². The largest absolute Gasteiger partial charge is 0.481 e. The molecule has 1 heterocycles. The third kappa shape index (κ3) is 4.03. The first-order valence-corrected chi connectivity index (χ1v) is 8.91. The summed E-state index contributed by atoms with van der Waals surface area (Å²) in [4.78, 5) is 24.7. The van der Waals surface area contributed by atoms with Crippen molar-refractivity contribution in [3.63, 3.8) is 0 Å². The number of aryl methyl sites for hydroxylation is 1. The van der Waals surface area contributed by atoms with Gasteiger partial charge in [-0.1, -0.05) is 18.2 Å². The molecule has 0 aliphatic carbocycles. The fourth-order valence-corrected chi connectivity index (χ4v) is 2.91. The molecule has 0 radical (unpaired) electrons. The van der Waals surface area contributed by atoms with Crippen molar-refractivity contribution in [2.24, 2.45) is 0 Å². The molecule has 146 valence electrons. The lowest BCUT2D eigenvalue weighted by molar-refractivity contribution is -0.118. The zero-order chi connectivity index (χ0) is 20.4. The molecule has 0 saturated heterocycles. The fraction of sp³-hybridized carbons (Fsp3) is 0.0909. The van der Waals surface area contributed by atoms with Crippen LogP contribution in [-0.4, -0.2) is 18.4 Å². The summed E-state index contributed by atoms with van der Waals surface area (Å²) in [6, 6.07) is 16.1. The number of carbonyl (C=O) groups is 2. The van der Waals surface area contributed by atoms with Crippen LogP contribution in [0.1, 0.15) is 15.9 Å². The molecule has 0 unspecified atom stereocenters. The van der Waals surface area contributed by atoms with E-state index in [0.717, 1.165) is 5.56 Å². The van der Waals surface area contributed by atoms with Crippen molar-refractivity contribution in [3.05, 3.63) is 77.6 Å². The van der Waals surface area contributed by atoms with Gasteiger partial charge >= 0.3 is 0 Å². The summed E-state index contributed by atoms with van der Waals surface area (Å²) in [5, 5.41) is 5.44. The highest BCUT2D eigenvalue weighted by Crippen LogP contribution is 2.37. The first-order chi connectivity index (χ1) is 14.0. The average Bonchev–Trinajstić information content (AvgIpc) is 2.83. The Kier molecular flexibility index (Phi) is 4.87. The molecule has 29 heavy (non-hydrogen) atoms. The van der Waals surface area contributed by atoms with Crippen LogP contribution in [0.2, 0.25) is 0 Å². The van der Waals surface area contributed by atoms with E-state index in [9.17, 15) is 14.0 Å². The van der Waals surface area contributed by atoms with Gasteiger partial charge in [0.1, 0.15) is 5.75 Å². The Morgan fingerprint density at radius 1 is 1.10 bits per heavy atom. The van der Waals surface area contributed by atoms with Crippen LogP contribution in [0.5, 0.6) is 17.2 Å². The van der Waals surface area contributed by atoms with Gasteiger partial charge in [-0.05, 0) is 55.0 Å². The second kappa shape index (κ2) is 7.63. The van der Waals surface area contributed by atoms with Gasteiger partial charge in [-0.25, -0.2) is 4.39 Å². The molecule has 1 aliphatic heterocycles. The van der Waals surface area contributed by atoms with Crippen LogP contribution in [0.4, 0.5) is 15.8 Å². The number of hydrogen-bond acceptors (Lipinski definition) is 4. The molecular weight excluding hydrogens is 375 g/mol. The second-order valence-electron chi connectivity index (χ2n) is 6.53. The number of fused-ring (bicyclic) bond motifs is 2. The van der Waals surface area contributed by atoms with Crippen LogP contribution in [-0.2, 0) is 4.79 Å². The molecule has 3 aromatic carbocycles. The number of rotatable bonds is 4. The SMILES string of the molecule is Cc1ccc2c(c1)NC(=O)c1cc(NC(=O)COc3ccccc3F)ccc1O2. The highest BCUT2D eigenvalue weighted by Gasteiger charge is 2.21. The quantitative estimate of drug-likeness (QED) is 0.685. The zero-order valence-electron chi connectivity index (χ0n) is 15.5. The van der Waals surface area contributed by atoms with Crippen molar-refractivity contribution in [3.8, 4) is 17.2 Å². The van der Waals surface area contributed by atoms with E-state index in [1.807, 2.05) is 19.1 Å². The lowest BCUT2D eigenvalue weighted by atomic mass is 10.1. The number of anilines is 2. The summed E-state index contributed by atoms with van der Waals surface area (Å²) < 4.78 is 24.6. The maximum absolute atomic E-state index is 13.6. The van der Waals surface area contributed by atoms with Crippen molar-refractivity contribution in [1.29, 1.82) is 0 Å². The molecule has 0 aromatic heterocycles.